The van der Waals surface area contributed by atoms with Crippen LogP contribution in [0.5, 0.6) is 0 Å². The van der Waals surface area contributed by atoms with Gasteiger partial charge in [-0.3, -0.25) is 14.3 Å². The first-order chi connectivity index (χ1) is 22.2. The van der Waals surface area contributed by atoms with Crippen LogP contribution in [-0.2, 0) is 15.8 Å². The topological polar surface area (TPSA) is 64.4 Å². The molecule has 2 aromatic carbocycles. The summed E-state index contributed by atoms with van der Waals surface area (Å²) >= 11 is 13.2. The van der Waals surface area contributed by atoms with Crippen LogP contribution in [0.25, 0.3) is 0 Å². The van der Waals surface area contributed by atoms with Crippen LogP contribution < -0.4 is 0 Å². The molecule has 1 atom stereocenters. The van der Waals surface area contributed by atoms with E-state index in [-0.39, 0.29) is 45.9 Å². The number of nitrogens with zero attached hydrogens (tertiary/aromatic N) is 3. The van der Waals surface area contributed by atoms with Crippen molar-refractivity contribution in [2.75, 3.05) is 6.54 Å². The summed E-state index contributed by atoms with van der Waals surface area (Å²) in [6.07, 6.45) is 3.61. The molecule has 1 aliphatic rings. The van der Waals surface area contributed by atoms with Crippen LogP contribution in [0, 0.1) is 29.8 Å². The average Bonchev–Trinajstić information content (AvgIpc) is 3.39. The van der Waals surface area contributed by atoms with E-state index >= 15 is 0 Å². The maximum absolute atomic E-state index is 14.5. The quantitative estimate of drug-likeness (QED) is 0.166. The number of halogens is 5. The van der Waals surface area contributed by atoms with Crippen molar-refractivity contribution in [2.24, 2.45) is 5.41 Å². The summed E-state index contributed by atoms with van der Waals surface area (Å²) in [5.74, 6) is -2.38. The van der Waals surface area contributed by atoms with E-state index in [2.05, 4.69) is 25.9 Å². The highest BCUT2D eigenvalue weighted by atomic mass is 35.5. The minimum atomic E-state index is -2.37. The predicted molar refractivity (Wildman–Crippen MR) is 182 cm³/mol. The second kappa shape index (κ2) is 15.3. The van der Waals surface area contributed by atoms with E-state index in [9.17, 15) is 22.8 Å². The van der Waals surface area contributed by atoms with Gasteiger partial charge in [0.25, 0.3) is 5.91 Å². The highest BCUT2D eigenvalue weighted by Crippen LogP contribution is 2.42. The molecule has 1 unspecified atom stereocenters. The molecular weight excluding hydrogens is 666 g/mol. The molecule has 1 saturated carbocycles. The molecule has 1 amide bonds. The average molecular weight is 711 g/mol. The molecule has 3 aromatic rings. The van der Waals surface area contributed by atoms with Crippen molar-refractivity contribution in [3.8, 4) is 0 Å². The molecule has 1 heterocycles. The van der Waals surface area contributed by atoms with Gasteiger partial charge in [-0.05, 0) is 87.5 Å². The third kappa shape index (κ3) is 8.32. The van der Waals surface area contributed by atoms with Gasteiger partial charge in [0, 0.05) is 29.3 Å². The fourth-order valence-corrected chi connectivity index (χ4v) is 10.2. The zero-order chi connectivity index (χ0) is 34.7. The Hall–Kier alpha value is -2.66. The molecule has 12 heteroatoms. The molecule has 0 aliphatic heterocycles. The van der Waals surface area contributed by atoms with E-state index in [1.54, 1.807) is 6.92 Å². The van der Waals surface area contributed by atoms with Gasteiger partial charge in [-0.15, -0.1) is 0 Å². The number of carbonyl (C=O) groups excluding carboxylic acids is 2. The third-order valence-electron chi connectivity index (χ3n) is 10.2. The summed E-state index contributed by atoms with van der Waals surface area (Å²) in [6, 6.07) is 7.84. The van der Waals surface area contributed by atoms with Gasteiger partial charge in [0.15, 0.2) is 8.32 Å². The van der Waals surface area contributed by atoms with Crippen LogP contribution in [0.4, 0.5) is 13.2 Å². The summed E-state index contributed by atoms with van der Waals surface area (Å²) in [5.41, 5.74) is 1.22. The van der Waals surface area contributed by atoms with Crippen molar-refractivity contribution in [1.82, 2.24) is 14.7 Å². The maximum Gasteiger partial charge on any atom is 0.257 e. The summed E-state index contributed by atoms with van der Waals surface area (Å²) in [6.45, 7) is 11.4. The van der Waals surface area contributed by atoms with Gasteiger partial charge >= 0.3 is 0 Å². The molecule has 0 saturated heterocycles. The van der Waals surface area contributed by atoms with E-state index in [1.807, 2.05) is 18.5 Å². The van der Waals surface area contributed by atoms with E-state index in [1.165, 1.54) is 23.2 Å². The monoisotopic (exact) mass is 709 g/mol. The fourth-order valence-electron chi connectivity index (χ4n) is 6.70. The lowest BCUT2D eigenvalue weighted by Gasteiger charge is -2.37. The van der Waals surface area contributed by atoms with E-state index in [0.29, 0.717) is 16.8 Å². The molecule has 0 spiro atoms. The molecule has 1 aliphatic carbocycles. The Labute approximate surface area is 286 Å². The van der Waals surface area contributed by atoms with Crippen molar-refractivity contribution in [2.45, 2.75) is 104 Å². The maximum atomic E-state index is 14.5. The Morgan fingerprint density at radius 1 is 1.00 bits per heavy atom. The minimum absolute atomic E-state index is 0.0212. The number of hydrogen-bond acceptors (Lipinski definition) is 4. The van der Waals surface area contributed by atoms with Gasteiger partial charge in [-0.1, -0.05) is 50.9 Å². The Kier molecular flexibility index (Phi) is 12.1. The number of amides is 1. The Morgan fingerprint density at radius 2 is 1.53 bits per heavy atom. The summed E-state index contributed by atoms with van der Waals surface area (Å²) in [7, 11) is -2.37. The van der Waals surface area contributed by atoms with Gasteiger partial charge in [-0.25, -0.2) is 13.2 Å². The highest BCUT2D eigenvalue weighted by molar-refractivity contribution is 6.73. The van der Waals surface area contributed by atoms with Crippen LogP contribution >= 0.6 is 23.2 Å². The fraction of sp³-hybridized carbons (Fsp3) is 0.514. The predicted octanol–water partition coefficient (Wildman–Crippen LogP) is 10.0. The molecule has 47 heavy (non-hydrogen) atoms. The summed E-state index contributed by atoms with van der Waals surface area (Å²) < 4.78 is 51.7. The SMILES string of the molecule is CC[Si](CC)(CC)OC(CN(Cc1cc(F)cc(F)c1)C(=O)c1cnn(C2CCC(C)(C(C)=O)CC2)c1C)c1c(Cl)cc(F)cc1Cl. The number of benzene rings is 2. The minimum Gasteiger partial charge on any atom is -0.408 e. The second-order valence-electron chi connectivity index (χ2n) is 13.0. The molecule has 0 radical (unpaired) electrons. The Morgan fingerprint density at radius 3 is 2.04 bits per heavy atom. The number of Topliss-reactive ketones (excluding diaryl/α,β-unsaturated/α-hetero) is 1. The number of carbonyl (C=O) groups is 2. The molecule has 0 N–H and O–H groups in total. The van der Waals surface area contributed by atoms with Crippen molar-refractivity contribution in [3.63, 3.8) is 0 Å². The zero-order valence-electron chi connectivity index (χ0n) is 27.9. The van der Waals surface area contributed by atoms with Crippen LogP contribution in [0.2, 0.25) is 28.2 Å². The lowest BCUT2D eigenvalue weighted by atomic mass is 9.71. The van der Waals surface area contributed by atoms with Crippen molar-refractivity contribution >= 4 is 43.2 Å². The normalized spacial score (nSPS) is 19.1. The van der Waals surface area contributed by atoms with Crippen LogP contribution in [0.1, 0.15) is 99.6 Å². The molecule has 6 nitrogen and oxygen atoms in total. The van der Waals surface area contributed by atoms with E-state index < -0.39 is 37.8 Å². The number of aromatic nitrogens is 2. The van der Waals surface area contributed by atoms with E-state index in [0.717, 1.165) is 62.0 Å². The molecule has 4 rings (SSSR count). The lowest BCUT2D eigenvalue weighted by Crippen LogP contribution is -2.42. The Bertz CT molecular complexity index is 1550. The van der Waals surface area contributed by atoms with Crippen molar-refractivity contribution in [1.29, 1.82) is 0 Å². The van der Waals surface area contributed by atoms with E-state index in [4.69, 9.17) is 27.6 Å². The smallest absolute Gasteiger partial charge is 0.257 e. The van der Waals surface area contributed by atoms with Gasteiger partial charge < -0.3 is 9.33 Å². The third-order valence-corrected chi connectivity index (χ3v) is 15.5. The summed E-state index contributed by atoms with van der Waals surface area (Å²) in [5, 5.41) is 4.73. The largest absolute Gasteiger partial charge is 0.408 e. The highest BCUT2D eigenvalue weighted by Gasteiger charge is 2.38. The Balaban J connectivity index is 1.76. The van der Waals surface area contributed by atoms with Crippen LogP contribution in [0.3, 0.4) is 0 Å². The van der Waals surface area contributed by atoms with Crippen molar-refractivity contribution in [3.05, 3.63) is 86.4 Å². The first-order valence-corrected chi connectivity index (χ1v) is 19.6. The van der Waals surface area contributed by atoms with Gasteiger partial charge in [0.2, 0.25) is 0 Å². The molecule has 0 bridgehead atoms. The van der Waals surface area contributed by atoms with Gasteiger partial charge in [0.1, 0.15) is 23.2 Å². The van der Waals surface area contributed by atoms with Crippen LogP contribution in [0.15, 0.2) is 36.5 Å². The molecule has 256 valence electrons. The van der Waals surface area contributed by atoms with Crippen LogP contribution in [-0.4, -0.2) is 41.2 Å². The number of rotatable bonds is 13. The zero-order valence-corrected chi connectivity index (χ0v) is 30.5. The van der Waals surface area contributed by atoms with Gasteiger partial charge in [-0.2, -0.15) is 5.10 Å². The first-order valence-electron chi connectivity index (χ1n) is 16.3. The van der Waals surface area contributed by atoms with Gasteiger partial charge in [0.05, 0.1) is 40.5 Å². The second-order valence-corrected chi connectivity index (χ2v) is 18.6. The first kappa shape index (κ1) is 37.2. The molecule has 1 aromatic heterocycles. The summed E-state index contributed by atoms with van der Waals surface area (Å²) in [4.78, 5) is 28.2. The molecule has 1 fully saturated rings. The molecular formula is C35H44Cl2F3N3O3Si. The number of hydrogen-bond donors (Lipinski definition) is 0. The lowest BCUT2D eigenvalue weighted by molar-refractivity contribution is -0.127. The number of ketones is 1. The standard InChI is InChI=1S/C35H44Cl2F3N3O3Si/c1-7-47(8-2,9-3)46-32(33-30(36)17-27(40)18-31(33)37)21-42(20-24-14-25(38)16-26(39)15-24)34(45)29-19-41-43(22(29)4)28-10-12-35(6,13-11-28)23(5)44/h14-19,28,32H,7-13,20-21H2,1-6H3. The van der Waals surface area contributed by atoms with Crippen molar-refractivity contribution < 1.29 is 27.2 Å².